The third-order valence-corrected chi connectivity index (χ3v) is 5.52. The number of carbonyl (C=O) groups excluding carboxylic acids is 1. The maximum Gasteiger partial charge on any atom is 0.274 e. The van der Waals surface area contributed by atoms with Crippen LogP contribution in [0.2, 0.25) is 0 Å². The fraction of sp³-hybridized carbons (Fsp3) is 0.722. The van der Waals surface area contributed by atoms with E-state index in [0.29, 0.717) is 11.7 Å². The molecule has 2 atom stereocenters. The van der Waals surface area contributed by atoms with Gasteiger partial charge in [-0.2, -0.15) is 0 Å². The molecule has 1 aromatic rings. The van der Waals surface area contributed by atoms with Gasteiger partial charge < -0.3 is 10.2 Å². The monoisotopic (exact) mass is 316 g/mol. The van der Waals surface area contributed by atoms with E-state index in [1.165, 1.54) is 25.7 Å². The van der Waals surface area contributed by atoms with Crippen molar-refractivity contribution < 1.29 is 4.79 Å². The number of likely N-dealkylation sites (tertiary alicyclic amines) is 1. The largest absolute Gasteiger partial charge is 0.337 e. The summed E-state index contributed by atoms with van der Waals surface area (Å²) in [5.41, 5.74) is 0.454. The molecule has 1 aliphatic heterocycles. The van der Waals surface area contributed by atoms with Crippen LogP contribution in [0.15, 0.2) is 18.6 Å². The first-order valence-corrected chi connectivity index (χ1v) is 9.02. The Hall–Kier alpha value is -1.49. The van der Waals surface area contributed by atoms with E-state index in [0.717, 1.165) is 44.3 Å². The molecular formula is C18H28N4O. The Morgan fingerprint density at radius 2 is 2.00 bits per heavy atom. The smallest absolute Gasteiger partial charge is 0.274 e. The molecule has 5 heteroatoms. The molecule has 2 fully saturated rings. The summed E-state index contributed by atoms with van der Waals surface area (Å²) in [5.74, 6) is 1.70. The molecule has 1 amide bonds. The predicted octanol–water partition coefficient (Wildman–Crippen LogP) is 2.50. The molecule has 2 aliphatic rings. The van der Waals surface area contributed by atoms with Crippen LogP contribution in [-0.4, -0.2) is 46.5 Å². The van der Waals surface area contributed by atoms with Crippen LogP contribution in [0.4, 0.5) is 0 Å². The molecule has 1 saturated heterocycles. The molecular weight excluding hydrogens is 288 g/mol. The number of piperidine rings is 1. The maximum absolute atomic E-state index is 12.4. The zero-order valence-corrected chi connectivity index (χ0v) is 14.1. The van der Waals surface area contributed by atoms with Crippen molar-refractivity contribution in [3.05, 3.63) is 24.3 Å². The van der Waals surface area contributed by atoms with E-state index in [4.69, 9.17) is 0 Å². The summed E-state index contributed by atoms with van der Waals surface area (Å²) in [7, 11) is 0. The van der Waals surface area contributed by atoms with Crippen LogP contribution in [-0.2, 0) is 0 Å². The number of nitrogens with one attached hydrogen (secondary N) is 1. The Labute approximate surface area is 138 Å². The molecule has 0 bridgehead atoms. The Balaban J connectivity index is 1.42. The summed E-state index contributed by atoms with van der Waals surface area (Å²) in [6.07, 6.45) is 12.3. The summed E-state index contributed by atoms with van der Waals surface area (Å²) >= 11 is 0. The summed E-state index contributed by atoms with van der Waals surface area (Å²) < 4.78 is 0. The Morgan fingerprint density at radius 1 is 1.22 bits per heavy atom. The van der Waals surface area contributed by atoms with Crippen LogP contribution in [0.3, 0.4) is 0 Å². The summed E-state index contributed by atoms with van der Waals surface area (Å²) in [6, 6.07) is 0.551. The van der Waals surface area contributed by atoms with Crippen molar-refractivity contribution in [1.82, 2.24) is 20.2 Å². The van der Waals surface area contributed by atoms with Crippen LogP contribution >= 0.6 is 0 Å². The van der Waals surface area contributed by atoms with Gasteiger partial charge in [0.2, 0.25) is 0 Å². The zero-order valence-electron chi connectivity index (χ0n) is 14.1. The lowest BCUT2D eigenvalue weighted by atomic mass is 9.80. The number of hydrogen-bond donors (Lipinski definition) is 1. The quantitative estimate of drug-likeness (QED) is 0.927. The third kappa shape index (κ3) is 4.28. The number of nitrogens with zero attached hydrogens (tertiary/aromatic N) is 3. The highest BCUT2D eigenvalue weighted by atomic mass is 16.2. The lowest BCUT2D eigenvalue weighted by Gasteiger charge is -2.35. The van der Waals surface area contributed by atoms with Gasteiger partial charge in [0, 0.05) is 31.5 Å². The molecule has 1 saturated carbocycles. The first-order chi connectivity index (χ1) is 11.2. The van der Waals surface area contributed by atoms with E-state index in [2.05, 4.69) is 22.2 Å². The number of carbonyl (C=O) groups is 1. The van der Waals surface area contributed by atoms with Crippen molar-refractivity contribution in [2.45, 2.75) is 51.5 Å². The highest BCUT2D eigenvalue weighted by molar-refractivity contribution is 5.92. The molecule has 1 N–H and O–H groups in total. The van der Waals surface area contributed by atoms with Gasteiger partial charge in [0.1, 0.15) is 5.69 Å². The van der Waals surface area contributed by atoms with Gasteiger partial charge in [-0.05, 0) is 37.6 Å². The van der Waals surface area contributed by atoms with Gasteiger partial charge in [0.05, 0.1) is 6.20 Å². The molecule has 1 aromatic heterocycles. The number of hydrogen-bond acceptors (Lipinski definition) is 4. The van der Waals surface area contributed by atoms with Gasteiger partial charge in [-0.1, -0.05) is 26.2 Å². The number of rotatable bonds is 4. The van der Waals surface area contributed by atoms with Gasteiger partial charge in [-0.3, -0.25) is 9.78 Å². The first kappa shape index (κ1) is 16.4. The highest BCUT2D eigenvalue weighted by Gasteiger charge is 2.26. The maximum atomic E-state index is 12.4. The van der Waals surface area contributed by atoms with Gasteiger partial charge in [0.25, 0.3) is 5.91 Å². The van der Waals surface area contributed by atoms with E-state index in [-0.39, 0.29) is 5.91 Å². The van der Waals surface area contributed by atoms with Crippen molar-refractivity contribution in [2.75, 3.05) is 19.6 Å². The fourth-order valence-corrected chi connectivity index (χ4v) is 3.87. The van der Waals surface area contributed by atoms with Crippen LogP contribution in [0.5, 0.6) is 0 Å². The summed E-state index contributed by atoms with van der Waals surface area (Å²) in [6.45, 7) is 5.16. The minimum Gasteiger partial charge on any atom is -0.337 e. The zero-order chi connectivity index (χ0) is 16.1. The first-order valence-electron chi connectivity index (χ1n) is 9.02. The Kier molecular flexibility index (Phi) is 5.60. The number of aromatic nitrogens is 2. The second-order valence-corrected chi connectivity index (χ2v) is 7.09. The van der Waals surface area contributed by atoms with Crippen LogP contribution < -0.4 is 5.32 Å². The topological polar surface area (TPSA) is 58.1 Å². The van der Waals surface area contributed by atoms with E-state index in [1.807, 2.05) is 4.90 Å². The second kappa shape index (κ2) is 7.86. The lowest BCUT2D eigenvalue weighted by Crippen LogP contribution is -2.46. The van der Waals surface area contributed by atoms with Crippen LogP contribution in [0, 0.1) is 11.8 Å². The Morgan fingerprint density at radius 3 is 2.70 bits per heavy atom. The summed E-state index contributed by atoms with van der Waals surface area (Å²) in [4.78, 5) is 22.4. The molecule has 3 rings (SSSR count). The van der Waals surface area contributed by atoms with Crippen molar-refractivity contribution in [3.8, 4) is 0 Å². The third-order valence-electron chi connectivity index (χ3n) is 5.52. The van der Waals surface area contributed by atoms with Crippen molar-refractivity contribution in [1.29, 1.82) is 0 Å². The van der Waals surface area contributed by atoms with Gasteiger partial charge in [0.15, 0.2) is 0 Å². The molecule has 126 valence electrons. The van der Waals surface area contributed by atoms with E-state index >= 15 is 0 Å². The van der Waals surface area contributed by atoms with E-state index in [9.17, 15) is 4.79 Å². The molecule has 5 nitrogen and oxygen atoms in total. The fourth-order valence-electron chi connectivity index (χ4n) is 3.87. The van der Waals surface area contributed by atoms with Crippen LogP contribution in [0.1, 0.15) is 55.9 Å². The van der Waals surface area contributed by atoms with Gasteiger partial charge >= 0.3 is 0 Å². The standard InChI is InChI=1S/C18H28N4O/c1-14-4-2-3-5-15(14)12-21-16-6-10-22(11-7-16)18(23)17-13-19-8-9-20-17/h8-9,13-16,21H,2-7,10-12H2,1H3/t14-,15-/m0/s1. The molecule has 0 radical (unpaired) electrons. The normalized spacial score (nSPS) is 26.2. The average molecular weight is 316 g/mol. The van der Waals surface area contributed by atoms with Crippen molar-refractivity contribution >= 4 is 5.91 Å². The minimum absolute atomic E-state index is 0.0115. The molecule has 0 unspecified atom stereocenters. The number of amides is 1. The molecule has 23 heavy (non-hydrogen) atoms. The van der Waals surface area contributed by atoms with Gasteiger partial charge in [-0.25, -0.2) is 4.98 Å². The molecule has 0 spiro atoms. The van der Waals surface area contributed by atoms with Crippen molar-refractivity contribution in [3.63, 3.8) is 0 Å². The van der Waals surface area contributed by atoms with E-state index < -0.39 is 0 Å². The SMILES string of the molecule is C[C@H]1CCCC[C@H]1CNC1CCN(C(=O)c2cnccn2)CC1. The molecule has 0 aromatic carbocycles. The van der Waals surface area contributed by atoms with Crippen LogP contribution in [0.25, 0.3) is 0 Å². The van der Waals surface area contributed by atoms with Crippen molar-refractivity contribution in [2.24, 2.45) is 11.8 Å². The molecule has 2 heterocycles. The van der Waals surface area contributed by atoms with Gasteiger partial charge in [-0.15, -0.1) is 0 Å². The predicted molar refractivity (Wildman–Crippen MR) is 90.1 cm³/mol. The lowest BCUT2D eigenvalue weighted by molar-refractivity contribution is 0.0695. The highest BCUT2D eigenvalue weighted by Crippen LogP contribution is 2.29. The molecule has 1 aliphatic carbocycles. The average Bonchev–Trinajstić information content (AvgIpc) is 2.62. The minimum atomic E-state index is 0.0115. The summed E-state index contributed by atoms with van der Waals surface area (Å²) in [5, 5.41) is 3.76. The second-order valence-electron chi connectivity index (χ2n) is 7.09. The Bertz CT molecular complexity index is 499. The van der Waals surface area contributed by atoms with E-state index in [1.54, 1.807) is 18.6 Å².